The largest absolute Gasteiger partial charge is 0.360 e. The molecule has 0 saturated heterocycles. The molecular weight excluding hydrogens is 160 g/mol. The van der Waals surface area contributed by atoms with Gasteiger partial charge in [-0.1, -0.05) is 26.7 Å². The standard InChI is InChI=1S/C11H22N2/c1-4-11(12)13(3)10-8-6-5-7-9(10)2/h9-10,12H,4-8H2,1-3H3. The third kappa shape index (κ3) is 2.45. The van der Waals surface area contributed by atoms with Crippen molar-refractivity contribution in [3.8, 4) is 0 Å². The zero-order valence-electron chi connectivity index (χ0n) is 9.14. The summed E-state index contributed by atoms with van der Waals surface area (Å²) < 4.78 is 0. The number of nitrogens with zero attached hydrogens (tertiary/aromatic N) is 1. The minimum absolute atomic E-state index is 0.626. The highest BCUT2D eigenvalue weighted by atomic mass is 15.2. The Morgan fingerprint density at radius 3 is 2.54 bits per heavy atom. The first-order valence-electron chi connectivity index (χ1n) is 5.47. The molecule has 0 radical (unpaired) electrons. The molecule has 2 unspecified atom stereocenters. The summed E-state index contributed by atoms with van der Waals surface area (Å²) in [6.07, 6.45) is 6.20. The van der Waals surface area contributed by atoms with Crippen LogP contribution in [0.15, 0.2) is 0 Å². The summed E-state index contributed by atoms with van der Waals surface area (Å²) >= 11 is 0. The van der Waals surface area contributed by atoms with E-state index in [-0.39, 0.29) is 0 Å². The first-order chi connectivity index (χ1) is 6.16. The lowest BCUT2D eigenvalue weighted by molar-refractivity contribution is 0.202. The van der Waals surface area contributed by atoms with E-state index in [4.69, 9.17) is 5.41 Å². The number of hydrogen-bond donors (Lipinski definition) is 1. The second-order valence-corrected chi connectivity index (χ2v) is 4.24. The lowest BCUT2D eigenvalue weighted by atomic mass is 9.85. The van der Waals surface area contributed by atoms with Gasteiger partial charge in [0.1, 0.15) is 0 Å². The molecule has 2 atom stereocenters. The van der Waals surface area contributed by atoms with Gasteiger partial charge in [-0.25, -0.2) is 0 Å². The van der Waals surface area contributed by atoms with Gasteiger partial charge in [-0.3, -0.25) is 5.41 Å². The molecule has 1 rings (SSSR count). The predicted octanol–water partition coefficient (Wildman–Crippen LogP) is 2.88. The lowest BCUT2D eigenvalue weighted by Gasteiger charge is -2.37. The van der Waals surface area contributed by atoms with Gasteiger partial charge in [-0.05, 0) is 18.8 Å². The molecule has 76 valence electrons. The fraction of sp³-hybridized carbons (Fsp3) is 0.909. The van der Waals surface area contributed by atoms with E-state index >= 15 is 0 Å². The van der Waals surface area contributed by atoms with Crippen LogP contribution in [0, 0.1) is 11.3 Å². The Morgan fingerprint density at radius 2 is 2.00 bits per heavy atom. The molecule has 0 aromatic rings. The van der Waals surface area contributed by atoms with Gasteiger partial charge in [0, 0.05) is 19.5 Å². The molecule has 0 bridgehead atoms. The van der Waals surface area contributed by atoms with Crippen molar-refractivity contribution in [2.75, 3.05) is 7.05 Å². The zero-order valence-corrected chi connectivity index (χ0v) is 9.14. The monoisotopic (exact) mass is 182 g/mol. The van der Waals surface area contributed by atoms with E-state index in [1.165, 1.54) is 25.7 Å². The van der Waals surface area contributed by atoms with Crippen molar-refractivity contribution in [1.29, 1.82) is 5.41 Å². The molecular formula is C11H22N2. The number of amidine groups is 1. The van der Waals surface area contributed by atoms with E-state index in [2.05, 4.69) is 25.8 Å². The summed E-state index contributed by atoms with van der Waals surface area (Å²) in [5.74, 6) is 1.56. The van der Waals surface area contributed by atoms with E-state index < -0.39 is 0 Å². The molecule has 2 heteroatoms. The Labute approximate surface area is 81.8 Å². The summed E-state index contributed by atoms with van der Waals surface area (Å²) in [4.78, 5) is 2.18. The molecule has 0 aromatic heterocycles. The molecule has 0 aromatic carbocycles. The average Bonchev–Trinajstić information content (AvgIpc) is 2.16. The molecule has 0 heterocycles. The van der Waals surface area contributed by atoms with Gasteiger partial charge in [0.05, 0.1) is 5.84 Å². The van der Waals surface area contributed by atoms with Crippen LogP contribution in [-0.4, -0.2) is 23.8 Å². The quantitative estimate of drug-likeness (QED) is 0.516. The first kappa shape index (κ1) is 10.6. The van der Waals surface area contributed by atoms with Crippen LogP contribution < -0.4 is 0 Å². The van der Waals surface area contributed by atoms with Gasteiger partial charge in [0.2, 0.25) is 0 Å². The van der Waals surface area contributed by atoms with Crippen LogP contribution in [0.3, 0.4) is 0 Å². The molecule has 1 aliphatic carbocycles. The van der Waals surface area contributed by atoms with Gasteiger partial charge >= 0.3 is 0 Å². The van der Waals surface area contributed by atoms with Crippen molar-refractivity contribution in [3.05, 3.63) is 0 Å². The summed E-state index contributed by atoms with van der Waals surface area (Å²) in [7, 11) is 2.08. The normalized spacial score (nSPS) is 28.5. The molecule has 1 saturated carbocycles. The summed E-state index contributed by atoms with van der Waals surface area (Å²) in [6, 6.07) is 0.626. The van der Waals surface area contributed by atoms with Crippen LogP contribution >= 0.6 is 0 Å². The summed E-state index contributed by atoms with van der Waals surface area (Å²) in [5, 5.41) is 7.80. The van der Waals surface area contributed by atoms with Crippen molar-refractivity contribution < 1.29 is 0 Å². The van der Waals surface area contributed by atoms with Crippen LogP contribution in [0.1, 0.15) is 46.0 Å². The van der Waals surface area contributed by atoms with E-state index in [1.807, 2.05) is 0 Å². The second kappa shape index (κ2) is 4.64. The molecule has 0 amide bonds. The first-order valence-corrected chi connectivity index (χ1v) is 5.47. The fourth-order valence-electron chi connectivity index (χ4n) is 2.32. The van der Waals surface area contributed by atoms with Crippen LogP contribution in [0.5, 0.6) is 0 Å². The second-order valence-electron chi connectivity index (χ2n) is 4.24. The summed E-state index contributed by atoms with van der Waals surface area (Å²) in [5.41, 5.74) is 0. The van der Waals surface area contributed by atoms with Crippen LogP contribution in [-0.2, 0) is 0 Å². The fourth-order valence-corrected chi connectivity index (χ4v) is 2.32. The Hall–Kier alpha value is -0.530. The van der Waals surface area contributed by atoms with Crippen molar-refractivity contribution in [3.63, 3.8) is 0 Å². The van der Waals surface area contributed by atoms with Gasteiger partial charge in [0.25, 0.3) is 0 Å². The molecule has 2 nitrogen and oxygen atoms in total. The van der Waals surface area contributed by atoms with Crippen molar-refractivity contribution in [2.24, 2.45) is 5.92 Å². The van der Waals surface area contributed by atoms with Gasteiger partial charge in [-0.2, -0.15) is 0 Å². The van der Waals surface area contributed by atoms with E-state index in [0.29, 0.717) is 6.04 Å². The number of hydrogen-bond acceptors (Lipinski definition) is 1. The maximum atomic E-state index is 7.80. The Balaban J connectivity index is 2.53. The molecule has 1 fully saturated rings. The number of nitrogens with one attached hydrogen (secondary N) is 1. The average molecular weight is 182 g/mol. The van der Waals surface area contributed by atoms with Crippen LogP contribution in [0.4, 0.5) is 0 Å². The molecule has 13 heavy (non-hydrogen) atoms. The lowest BCUT2D eigenvalue weighted by Crippen LogP contribution is -2.42. The van der Waals surface area contributed by atoms with Gasteiger partial charge in [0.15, 0.2) is 0 Å². The van der Waals surface area contributed by atoms with Crippen LogP contribution in [0.2, 0.25) is 0 Å². The van der Waals surface area contributed by atoms with Crippen molar-refractivity contribution in [2.45, 2.75) is 52.0 Å². The summed E-state index contributed by atoms with van der Waals surface area (Å²) in [6.45, 7) is 4.38. The van der Waals surface area contributed by atoms with Crippen molar-refractivity contribution in [1.82, 2.24) is 4.90 Å². The maximum absolute atomic E-state index is 7.80. The zero-order chi connectivity index (χ0) is 9.84. The Kier molecular flexibility index (Phi) is 3.76. The topological polar surface area (TPSA) is 27.1 Å². The minimum Gasteiger partial charge on any atom is -0.360 e. The van der Waals surface area contributed by atoms with E-state index in [1.54, 1.807) is 0 Å². The molecule has 0 spiro atoms. The highest BCUT2D eigenvalue weighted by Crippen LogP contribution is 2.27. The van der Waals surface area contributed by atoms with E-state index in [0.717, 1.165) is 18.2 Å². The third-order valence-electron chi connectivity index (χ3n) is 3.32. The van der Waals surface area contributed by atoms with Crippen molar-refractivity contribution >= 4 is 5.84 Å². The van der Waals surface area contributed by atoms with Crippen LogP contribution in [0.25, 0.3) is 0 Å². The highest BCUT2D eigenvalue weighted by Gasteiger charge is 2.25. The highest BCUT2D eigenvalue weighted by molar-refractivity contribution is 5.78. The van der Waals surface area contributed by atoms with Gasteiger partial charge in [-0.15, -0.1) is 0 Å². The predicted molar refractivity (Wildman–Crippen MR) is 57.2 cm³/mol. The molecule has 1 aliphatic rings. The molecule has 0 aliphatic heterocycles. The Morgan fingerprint density at radius 1 is 1.38 bits per heavy atom. The number of rotatable bonds is 2. The Bertz CT molecular complexity index is 177. The smallest absolute Gasteiger partial charge is 0.0954 e. The molecule has 1 N–H and O–H groups in total. The van der Waals surface area contributed by atoms with Gasteiger partial charge < -0.3 is 4.90 Å². The minimum atomic E-state index is 0.626. The maximum Gasteiger partial charge on any atom is 0.0954 e. The third-order valence-corrected chi connectivity index (χ3v) is 3.32. The SMILES string of the molecule is CCC(=N)N(C)C1CCCCC1C. The van der Waals surface area contributed by atoms with E-state index in [9.17, 15) is 0 Å².